The van der Waals surface area contributed by atoms with Gasteiger partial charge in [0.1, 0.15) is 17.1 Å². The van der Waals surface area contributed by atoms with Crippen LogP contribution in [0.15, 0.2) is 61.2 Å². The normalized spacial score (nSPS) is 10.7. The first-order chi connectivity index (χ1) is 16.7. The molecule has 1 aromatic carbocycles. The van der Waals surface area contributed by atoms with Gasteiger partial charge in [-0.05, 0) is 23.8 Å². The lowest BCUT2D eigenvalue weighted by Gasteiger charge is -2.10. The SMILES string of the molecule is Oc1ccc(-c2nnc(-c3cc(NCc4ccc(-c5nncnn5)cc4)c(O)cn3)nn2)nc1. The van der Waals surface area contributed by atoms with Crippen molar-refractivity contribution >= 4 is 5.69 Å². The largest absolute Gasteiger partial charge is 0.506 e. The van der Waals surface area contributed by atoms with Crippen molar-refractivity contribution in [2.45, 2.75) is 6.54 Å². The number of hydrogen-bond acceptors (Lipinski definition) is 13. The topological polar surface area (TPSA) is 181 Å². The molecule has 0 unspecified atom stereocenters. The van der Waals surface area contributed by atoms with Crippen LogP contribution in [0.1, 0.15) is 5.56 Å². The van der Waals surface area contributed by atoms with E-state index in [1.165, 1.54) is 24.8 Å². The van der Waals surface area contributed by atoms with Gasteiger partial charge in [0.25, 0.3) is 0 Å². The molecule has 0 atom stereocenters. The second kappa shape index (κ2) is 9.12. The fraction of sp³-hybridized carbons (Fsp3) is 0.0476. The van der Waals surface area contributed by atoms with Crippen molar-refractivity contribution in [1.82, 2.24) is 50.8 Å². The van der Waals surface area contributed by atoms with E-state index in [4.69, 9.17) is 0 Å². The number of rotatable bonds is 6. The Labute approximate surface area is 191 Å². The van der Waals surface area contributed by atoms with E-state index in [-0.39, 0.29) is 23.1 Å². The summed E-state index contributed by atoms with van der Waals surface area (Å²) in [4.78, 5) is 8.18. The summed E-state index contributed by atoms with van der Waals surface area (Å²) in [5.74, 6) is 0.830. The maximum Gasteiger partial charge on any atom is 0.222 e. The first-order valence-electron chi connectivity index (χ1n) is 9.91. The lowest BCUT2D eigenvalue weighted by Crippen LogP contribution is -2.03. The van der Waals surface area contributed by atoms with E-state index in [1.54, 1.807) is 12.1 Å². The number of nitrogens with one attached hydrogen (secondary N) is 1. The molecule has 0 amide bonds. The van der Waals surface area contributed by atoms with E-state index in [0.717, 1.165) is 11.1 Å². The predicted octanol–water partition coefficient (Wildman–Crippen LogP) is 1.66. The van der Waals surface area contributed by atoms with E-state index >= 15 is 0 Å². The highest BCUT2D eigenvalue weighted by atomic mass is 16.3. The van der Waals surface area contributed by atoms with E-state index in [0.29, 0.717) is 29.4 Å². The van der Waals surface area contributed by atoms with Crippen LogP contribution < -0.4 is 5.32 Å². The fourth-order valence-corrected chi connectivity index (χ4v) is 2.95. The van der Waals surface area contributed by atoms with Crippen molar-refractivity contribution in [2.24, 2.45) is 0 Å². The highest BCUT2D eigenvalue weighted by molar-refractivity contribution is 5.64. The highest BCUT2D eigenvalue weighted by Gasteiger charge is 2.12. The van der Waals surface area contributed by atoms with Gasteiger partial charge in [-0.3, -0.25) is 0 Å². The maximum atomic E-state index is 10.2. The van der Waals surface area contributed by atoms with Gasteiger partial charge in [0.2, 0.25) is 17.5 Å². The van der Waals surface area contributed by atoms with Crippen LogP contribution in [-0.4, -0.2) is 61.0 Å². The molecule has 0 bridgehead atoms. The highest BCUT2D eigenvalue weighted by Crippen LogP contribution is 2.26. The van der Waals surface area contributed by atoms with Crippen LogP contribution in [0.4, 0.5) is 5.69 Å². The smallest absolute Gasteiger partial charge is 0.222 e. The summed E-state index contributed by atoms with van der Waals surface area (Å²) in [7, 11) is 0. The standard InChI is InChI=1S/C21H15N11O2/c33-14-5-6-15(23-9-14)20-29-31-21(32-30-20)17-7-16(18(34)10-24-17)22-8-12-1-3-13(4-2-12)19-27-25-11-26-28-19/h1-7,9-11,33-34H,8H2,(H,22,24). The van der Waals surface area contributed by atoms with Crippen LogP contribution in [0.3, 0.4) is 0 Å². The zero-order chi connectivity index (χ0) is 23.3. The first kappa shape index (κ1) is 20.7. The van der Waals surface area contributed by atoms with Gasteiger partial charge >= 0.3 is 0 Å². The molecule has 0 spiro atoms. The molecule has 0 radical (unpaired) electrons. The minimum atomic E-state index is -0.0268. The fourth-order valence-electron chi connectivity index (χ4n) is 2.95. The van der Waals surface area contributed by atoms with Crippen molar-refractivity contribution in [3.05, 3.63) is 66.7 Å². The Kier molecular flexibility index (Phi) is 5.55. The molecule has 4 aromatic heterocycles. The summed E-state index contributed by atoms with van der Waals surface area (Å²) in [6.07, 6.45) is 3.85. The van der Waals surface area contributed by atoms with Crippen LogP contribution >= 0.6 is 0 Å². The maximum absolute atomic E-state index is 10.2. The Balaban J connectivity index is 1.29. The van der Waals surface area contributed by atoms with Crippen molar-refractivity contribution in [2.75, 3.05) is 5.32 Å². The van der Waals surface area contributed by atoms with Gasteiger partial charge in [-0.15, -0.1) is 40.8 Å². The van der Waals surface area contributed by atoms with E-state index < -0.39 is 0 Å². The summed E-state index contributed by atoms with van der Waals surface area (Å²) >= 11 is 0. The minimum absolute atomic E-state index is 0.0268. The van der Waals surface area contributed by atoms with Crippen LogP contribution in [0, 0.1) is 0 Å². The summed E-state index contributed by atoms with van der Waals surface area (Å²) in [5, 5.41) is 54.2. The van der Waals surface area contributed by atoms with Crippen LogP contribution in [0.25, 0.3) is 34.4 Å². The summed E-state index contributed by atoms with van der Waals surface area (Å²) in [5.41, 5.74) is 3.00. The number of benzene rings is 1. The number of pyridine rings is 2. The van der Waals surface area contributed by atoms with Crippen molar-refractivity contribution in [3.63, 3.8) is 0 Å². The molecule has 5 aromatic rings. The molecule has 166 valence electrons. The van der Waals surface area contributed by atoms with Crippen LogP contribution in [0.5, 0.6) is 11.5 Å². The average Bonchev–Trinajstić information content (AvgIpc) is 2.90. The van der Waals surface area contributed by atoms with Gasteiger partial charge in [-0.25, -0.2) is 9.97 Å². The molecular formula is C21H15N11O2. The van der Waals surface area contributed by atoms with E-state index in [2.05, 4.69) is 56.1 Å². The lowest BCUT2D eigenvalue weighted by atomic mass is 10.1. The van der Waals surface area contributed by atoms with Crippen LogP contribution in [-0.2, 0) is 6.54 Å². The average molecular weight is 453 g/mol. The molecule has 0 aliphatic carbocycles. The molecule has 0 aliphatic rings. The Morgan fingerprint density at radius 1 is 0.676 bits per heavy atom. The van der Waals surface area contributed by atoms with Crippen molar-refractivity contribution in [1.29, 1.82) is 0 Å². The number of aromatic hydroxyl groups is 2. The lowest BCUT2D eigenvalue weighted by molar-refractivity contribution is 0.472. The van der Waals surface area contributed by atoms with Gasteiger partial charge in [0, 0.05) is 12.1 Å². The number of nitrogens with zero attached hydrogens (tertiary/aromatic N) is 10. The molecule has 0 aliphatic heterocycles. The van der Waals surface area contributed by atoms with Crippen molar-refractivity contribution in [3.8, 4) is 45.9 Å². The first-order valence-corrected chi connectivity index (χ1v) is 9.91. The Hall–Kier alpha value is -5.20. The van der Waals surface area contributed by atoms with Crippen molar-refractivity contribution < 1.29 is 10.2 Å². The Morgan fingerprint density at radius 3 is 2.03 bits per heavy atom. The molecule has 0 saturated heterocycles. The molecule has 0 saturated carbocycles. The van der Waals surface area contributed by atoms with E-state index in [9.17, 15) is 10.2 Å². The van der Waals surface area contributed by atoms with Crippen LogP contribution in [0.2, 0.25) is 0 Å². The van der Waals surface area contributed by atoms with Gasteiger partial charge in [0.15, 0.2) is 12.1 Å². The molecule has 13 nitrogen and oxygen atoms in total. The molecule has 13 heteroatoms. The predicted molar refractivity (Wildman–Crippen MR) is 118 cm³/mol. The molecule has 4 heterocycles. The second-order valence-electron chi connectivity index (χ2n) is 6.96. The van der Waals surface area contributed by atoms with Gasteiger partial charge < -0.3 is 15.5 Å². The van der Waals surface area contributed by atoms with Gasteiger partial charge in [-0.1, -0.05) is 24.3 Å². The zero-order valence-electron chi connectivity index (χ0n) is 17.3. The van der Waals surface area contributed by atoms with Gasteiger partial charge in [-0.2, -0.15) is 0 Å². The Bertz CT molecular complexity index is 1400. The molecule has 0 fully saturated rings. The third kappa shape index (κ3) is 4.52. The third-order valence-corrected chi connectivity index (χ3v) is 4.67. The van der Waals surface area contributed by atoms with E-state index in [1.807, 2.05) is 24.3 Å². The number of hydrogen-bond donors (Lipinski definition) is 3. The Morgan fingerprint density at radius 2 is 1.35 bits per heavy atom. The quantitative estimate of drug-likeness (QED) is 0.338. The summed E-state index contributed by atoms with van der Waals surface area (Å²) < 4.78 is 0. The second-order valence-corrected chi connectivity index (χ2v) is 6.96. The molecule has 5 rings (SSSR count). The zero-order valence-corrected chi connectivity index (χ0v) is 17.3. The monoisotopic (exact) mass is 453 g/mol. The van der Waals surface area contributed by atoms with Gasteiger partial charge in [0.05, 0.1) is 18.1 Å². The molecule has 3 N–H and O–H groups in total. The number of anilines is 1. The third-order valence-electron chi connectivity index (χ3n) is 4.67. The summed E-state index contributed by atoms with van der Waals surface area (Å²) in [6, 6.07) is 12.2. The number of aromatic nitrogens is 10. The molecule has 34 heavy (non-hydrogen) atoms. The molecular weight excluding hydrogens is 438 g/mol. The summed E-state index contributed by atoms with van der Waals surface area (Å²) in [6.45, 7) is 0.437. The minimum Gasteiger partial charge on any atom is -0.506 e.